The van der Waals surface area contributed by atoms with Crippen molar-refractivity contribution >= 4 is 40.6 Å². The van der Waals surface area contributed by atoms with Crippen molar-refractivity contribution in [1.82, 2.24) is 9.88 Å². The maximum atomic E-state index is 12.4. The molecule has 2 heterocycles. The average Bonchev–Trinajstić information content (AvgIpc) is 3.27. The van der Waals surface area contributed by atoms with Crippen LogP contribution in [0.2, 0.25) is 10.0 Å². The molecule has 6 nitrogen and oxygen atoms in total. The summed E-state index contributed by atoms with van der Waals surface area (Å²) in [7, 11) is 0. The molecule has 0 spiro atoms. The van der Waals surface area contributed by atoms with Crippen LogP contribution in [0.1, 0.15) is 32.0 Å². The van der Waals surface area contributed by atoms with Crippen molar-refractivity contribution in [1.29, 1.82) is 0 Å². The summed E-state index contributed by atoms with van der Waals surface area (Å²) in [5.41, 5.74) is 2.34. The molecule has 1 amide bonds. The van der Waals surface area contributed by atoms with Gasteiger partial charge in [-0.1, -0.05) is 41.4 Å². The van der Waals surface area contributed by atoms with Crippen molar-refractivity contribution in [2.75, 3.05) is 19.7 Å². The van der Waals surface area contributed by atoms with Gasteiger partial charge in [-0.05, 0) is 50.6 Å². The van der Waals surface area contributed by atoms with Crippen molar-refractivity contribution in [2.45, 2.75) is 45.5 Å². The fourth-order valence-electron chi connectivity index (χ4n) is 3.64. The number of nitrogens with zero attached hydrogens (tertiary/aromatic N) is 2. The summed E-state index contributed by atoms with van der Waals surface area (Å²) >= 11 is 14.0. The molecular weight excluding hydrogens is 507 g/mol. The first-order valence-corrected chi connectivity index (χ1v) is 13.0. The molecule has 0 bridgehead atoms. The Morgan fingerprint density at radius 2 is 1.97 bits per heavy atom. The Morgan fingerprint density at radius 3 is 2.69 bits per heavy atom. The highest BCUT2D eigenvalue weighted by atomic mass is 35.5. The van der Waals surface area contributed by atoms with Crippen LogP contribution >= 0.6 is 34.5 Å². The number of carbonyl (C=O) groups excluding carboxylic acids is 1. The van der Waals surface area contributed by atoms with Crippen molar-refractivity contribution < 1.29 is 19.0 Å². The van der Waals surface area contributed by atoms with Gasteiger partial charge in [-0.2, -0.15) is 0 Å². The maximum Gasteiger partial charge on any atom is 0.410 e. The van der Waals surface area contributed by atoms with Crippen LogP contribution in [0.5, 0.6) is 5.75 Å². The minimum Gasteiger partial charge on any atom is -0.486 e. The van der Waals surface area contributed by atoms with Gasteiger partial charge in [0.15, 0.2) is 0 Å². The number of benzene rings is 2. The lowest BCUT2D eigenvalue weighted by Crippen LogP contribution is -2.48. The van der Waals surface area contributed by atoms with Gasteiger partial charge in [-0.15, -0.1) is 11.3 Å². The second-order valence-electron chi connectivity index (χ2n) is 9.33. The van der Waals surface area contributed by atoms with Crippen molar-refractivity contribution in [3.63, 3.8) is 0 Å². The number of hydrogen-bond acceptors (Lipinski definition) is 6. The monoisotopic (exact) mass is 534 g/mol. The maximum absolute atomic E-state index is 12.4. The number of thiazole rings is 1. The number of rotatable bonds is 6. The van der Waals surface area contributed by atoms with Crippen LogP contribution in [-0.2, 0) is 22.5 Å². The molecule has 1 aliphatic rings. The molecule has 1 saturated heterocycles. The van der Waals surface area contributed by atoms with Gasteiger partial charge < -0.3 is 19.1 Å². The SMILES string of the molecule is CC(C)(C)OC(=O)N1CCO[C@H](Cc2ccc(OCc3csc(-c4ccc(Cl)cc4)n3)c(Cl)c2)C1. The van der Waals surface area contributed by atoms with Crippen LogP contribution in [0.3, 0.4) is 0 Å². The predicted molar refractivity (Wildman–Crippen MR) is 140 cm³/mol. The molecule has 0 N–H and O–H groups in total. The number of hydrogen-bond donors (Lipinski definition) is 0. The van der Waals surface area contributed by atoms with Crippen LogP contribution < -0.4 is 4.74 Å². The third kappa shape index (κ3) is 7.34. The van der Waals surface area contributed by atoms with Crippen molar-refractivity contribution in [3.05, 3.63) is 69.1 Å². The molecule has 0 aliphatic carbocycles. The fraction of sp³-hybridized carbons (Fsp3) is 0.385. The van der Waals surface area contributed by atoms with Crippen LogP contribution in [0, 0.1) is 0 Å². The molecule has 0 saturated carbocycles. The zero-order valence-corrected chi connectivity index (χ0v) is 22.3. The Kier molecular flexibility index (Phi) is 8.22. The van der Waals surface area contributed by atoms with Gasteiger partial charge in [0.05, 0.1) is 30.0 Å². The van der Waals surface area contributed by atoms with Gasteiger partial charge in [0.2, 0.25) is 0 Å². The van der Waals surface area contributed by atoms with E-state index in [4.69, 9.17) is 37.4 Å². The van der Waals surface area contributed by atoms with Gasteiger partial charge in [-0.25, -0.2) is 9.78 Å². The van der Waals surface area contributed by atoms with E-state index in [0.717, 1.165) is 21.8 Å². The number of morpholine rings is 1. The summed E-state index contributed by atoms with van der Waals surface area (Å²) in [5.74, 6) is 0.594. The first-order chi connectivity index (χ1) is 16.7. The molecule has 1 fully saturated rings. The number of carbonyl (C=O) groups is 1. The zero-order chi connectivity index (χ0) is 25.0. The van der Waals surface area contributed by atoms with E-state index in [1.807, 2.05) is 68.6 Å². The molecule has 0 unspecified atom stereocenters. The molecular formula is C26H28Cl2N2O4S. The number of ether oxygens (including phenoxy) is 3. The predicted octanol–water partition coefficient (Wildman–Crippen LogP) is 6.87. The van der Waals surface area contributed by atoms with Gasteiger partial charge in [0.25, 0.3) is 0 Å². The quantitative estimate of drug-likeness (QED) is 0.345. The lowest BCUT2D eigenvalue weighted by atomic mass is 10.1. The summed E-state index contributed by atoms with van der Waals surface area (Å²) in [6, 6.07) is 13.3. The highest BCUT2D eigenvalue weighted by Gasteiger charge is 2.28. The van der Waals surface area contributed by atoms with Crippen molar-refractivity contribution in [3.8, 4) is 16.3 Å². The molecule has 1 atom stereocenters. The summed E-state index contributed by atoms with van der Waals surface area (Å²) in [6.45, 7) is 7.38. The summed E-state index contributed by atoms with van der Waals surface area (Å²) in [6.07, 6.45) is 0.199. The molecule has 4 rings (SSSR count). The van der Waals surface area contributed by atoms with Gasteiger partial charge in [-0.3, -0.25) is 0 Å². The first kappa shape index (κ1) is 25.8. The standard InChI is InChI=1S/C26H28Cl2N2O4S/c1-26(2,3)34-25(31)30-10-11-32-21(14-30)12-17-4-9-23(22(28)13-17)33-15-20-16-35-24(29-20)18-5-7-19(27)8-6-18/h4-9,13,16,21H,10-12,14-15H2,1-3H3/t21-/m1/s1. The van der Waals surface area contributed by atoms with Crippen molar-refractivity contribution in [2.24, 2.45) is 0 Å². The Bertz CT molecular complexity index is 1160. The van der Waals surface area contributed by atoms with E-state index < -0.39 is 5.60 Å². The third-order valence-corrected chi connectivity index (χ3v) is 6.76. The van der Waals surface area contributed by atoms with E-state index in [1.54, 1.807) is 16.2 Å². The van der Waals surface area contributed by atoms with E-state index in [-0.39, 0.29) is 12.2 Å². The van der Waals surface area contributed by atoms with Gasteiger partial charge in [0.1, 0.15) is 23.0 Å². The molecule has 1 aromatic heterocycles. The molecule has 0 radical (unpaired) electrons. The second kappa shape index (κ2) is 11.2. The van der Waals surface area contributed by atoms with E-state index in [2.05, 4.69) is 4.98 Å². The Hall–Kier alpha value is -2.32. The summed E-state index contributed by atoms with van der Waals surface area (Å²) in [5, 5.41) is 4.11. The number of amides is 1. The Morgan fingerprint density at radius 1 is 1.20 bits per heavy atom. The second-order valence-corrected chi connectivity index (χ2v) is 11.0. The summed E-state index contributed by atoms with van der Waals surface area (Å²) in [4.78, 5) is 18.7. The lowest BCUT2D eigenvalue weighted by molar-refractivity contribution is -0.0415. The molecule has 35 heavy (non-hydrogen) atoms. The molecule has 9 heteroatoms. The van der Waals surface area contributed by atoms with Crippen LogP contribution in [0.15, 0.2) is 47.8 Å². The number of halogens is 2. The normalized spacial score (nSPS) is 16.3. The van der Waals surface area contributed by atoms with Gasteiger partial charge in [0, 0.05) is 28.9 Å². The van der Waals surface area contributed by atoms with E-state index in [9.17, 15) is 4.79 Å². The van der Waals surface area contributed by atoms with E-state index in [0.29, 0.717) is 48.5 Å². The van der Waals surface area contributed by atoms with Gasteiger partial charge >= 0.3 is 6.09 Å². The smallest absolute Gasteiger partial charge is 0.410 e. The zero-order valence-electron chi connectivity index (χ0n) is 19.9. The minimum absolute atomic E-state index is 0.125. The van der Waals surface area contributed by atoms with Crippen LogP contribution in [0.25, 0.3) is 10.6 Å². The fourth-order valence-corrected chi connectivity index (χ4v) is 4.83. The van der Waals surface area contributed by atoms with Crippen LogP contribution in [0.4, 0.5) is 4.79 Å². The Balaban J connectivity index is 1.32. The molecule has 186 valence electrons. The Labute approximate surface area is 219 Å². The lowest BCUT2D eigenvalue weighted by Gasteiger charge is -2.34. The van der Waals surface area contributed by atoms with E-state index >= 15 is 0 Å². The average molecular weight is 535 g/mol. The minimum atomic E-state index is -0.524. The van der Waals surface area contributed by atoms with Crippen LogP contribution in [-0.4, -0.2) is 47.4 Å². The third-order valence-electron chi connectivity index (χ3n) is 5.27. The molecule has 2 aromatic carbocycles. The first-order valence-electron chi connectivity index (χ1n) is 11.4. The number of aromatic nitrogens is 1. The van der Waals surface area contributed by atoms with E-state index in [1.165, 1.54) is 0 Å². The topological polar surface area (TPSA) is 60.9 Å². The summed E-state index contributed by atoms with van der Waals surface area (Å²) < 4.78 is 17.3. The largest absolute Gasteiger partial charge is 0.486 e. The highest BCUT2D eigenvalue weighted by Crippen LogP contribution is 2.29. The molecule has 3 aromatic rings. The highest BCUT2D eigenvalue weighted by molar-refractivity contribution is 7.13. The molecule has 1 aliphatic heterocycles.